The second-order valence-corrected chi connectivity index (χ2v) is 9.48. The van der Waals surface area contributed by atoms with E-state index in [-0.39, 0.29) is 5.56 Å². The third kappa shape index (κ3) is 4.33. The van der Waals surface area contributed by atoms with E-state index in [4.69, 9.17) is 16.6 Å². The standard InChI is InChI=1S/C27H26ClN5O/c1-17(2)12-13-32-22-10-11-24(28)30-27(22)31-25(32)16-33-23-14-20(19-6-4-18(3)5-7-19)8-9-21(23)29-15-26(33)34/h4-11,14-15,17H,12-13,16H2,1-3H3. The summed E-state index contributed by atoms with van der Waals surface area (Å²) in [7, 11) is 0. The maximum atomic E-state index is 13.0. The minimum atomic E-state index is -0.165. The first-order valence-corrected chi connectivity index (χ1v) is 11.8. The van der Waals surface area contributed by atoms with Gasteiger partial charge in [0, 0.05) is 6.54 Å². The first-order chi connectivity index (χ1) is 16.4. The summed E-state index contributed by atoms with van der Waals surface area (Å²) in [4.78, 5) is 26.6. The maximum Gasteiger partial charge on any atom is 0.269 e. The molecule has 0 bridgehead atoms. The van der Waals surface area contributed by atoms with Crippen molar-refractivity contribution in [2.24, 2.45) is 5.92 Å². The van der Waals surface area contributed by atoms with Crippen molar-refractivity contribution in [2.75, 3.05) is 0 Å². The van der Waals surface area contributed by atoms with Gasteiger partial charge >= 0.3 is 0 Å². The molecule has 0 aliphatic carbocycles. The summed E-state index contributed by atoms with van der Waals surface area (Å²) >= 11 is 6.13. The van der Waals surface area contributed by atoms with Crippen molar-refractivity contribution >= 4 is 33.8 Å². The van der Waals surface area contributed by atoms with Gasteiger partial charge in [-0.05, 0) is 54.7 Å². The Labute approximate surface area is 202 Å². The number of imidazole rings is 1. The Bertz CT molecular complexity index is 1550. The van der Waals surface area contributed by atoms with Crippen molar-refractivity contribution in [1.29, 1.82) is 0 Å². The molecule has 0 unspecified atom stereocenters. The fourth-order valence-corrected chi connectivity index (χ4v) is 4.33. The van der Waals surface area contributed by atoms with Gasteiger partial charge in [0.1, 0.15) is 11.0 Å². The lowest BCUT2D eigenvalue weighted by atomic mass is 10.0. The van der Waals surface area contributed by atoms with Gasteiger partial charge in [0.05, 0.1) is 29.3 Å². The number of benzene rings is 2. The summed E-state index contributed by atoms with van der Waals surface area (Å²) in [5.41, 5.74) is 6.23. The number of halogens is 1. The average molecular weight is 472 g/mol. The van der Waals surface area contributed by atoms with Gasteiger partial charge in [-0.2, -0.15) is 0 Å². The quantitative estimate of drug-likeness (QED) is 0.291. The topological polar surface area (TPSA) is 65.6 Å². The van der Waals surface area contributed by atoms with E-state index in [9.17, 15) is 4.79 Å². The predicted molar refractivity (Wildman–Crippen MR) is 137 cm³/mol. The van der Waals surface area contributed by atoms with Crippen LogP contribution in [0.1, 0.15) is 31.7 Å². The fraction of sp³-hybridized carbons (Fsp3) is 0.259. The monoisotopic (exact) mass is 471 g/mol. The van der Waals surface area contributed by atoms with E-state index < -0.39 is 0 Å². The molecule has 0 N–H and O–H groups in total. The summed E-state index contributed by atoms with van der Waals surface area (Å²) in [6, 6.07) is 18.1. The molecule has 0 spiro atoms. The maximum absolute atomic E-state index is 13.0. The first kappa shape index (κ1) is 22.3. The number of nitrogens with zero attached hydrogens (tertiary/aromatic N) is 5. The van der Waals surface area contributed by atoms with Crippen LogP contribution in [-0.4, -0.2) is 24.1 Å². The molecular weight excluding hydrogens is 446 g/mol. The molecule has 0 fully saturated rings. The van der Waals surface area contributed by atoms with E-state index in [0.717, 1.165) is 46.5 Å². The highest BCUT2D eigenvalue weighted by molar-refractivity contribution is 6.29. The molecule has 3 heterocycles. The van der Waals surface area contributed by atoms with E-state index in [2.05, 4.69) is 59.6 Å². The Morgan fingerprint density at radius 3 is 2.44 bits per heavy atom. The number of aromatic nitrogens is 5. The smallest absolute Gasteiger partial charge is 0.269 e. The highest BCUT2D eigenvalue weighted by Crippen LogP contribution is 2.25. The molecule has 0 saturated heterocycles. The molecule has 0 aliphatic rings. The van der Waals surface area contributed by atoms with Gasteiger partial charge in [-0.1, -0.05) is 61.3 Å². The lowest BCUT2D eigenvalue weighted by Crippen LogP contribution is -2.23. The summed E-state index contributed by atoms with van der Waals surface area (Å²) < 4.78 is 3.90. The van der Waals surface area contributed by atoms with E-state index in [1.807, 2.05) is 24.3 Å². The zero-order chi connectivity index (χ0) is 23.8. The largest absolute Gasteiger partial charge is 0.325 e. The van der Waals surface area contributed by atoms with Crippen LogP contribution in [0.2, 0.25) is 5.15 Å². The zero-order valence-electron chi connectivity index (χ0n) is 19.5. The molecular formula is C27H26ClN5O. The summed E-state index contributed by atoms with van der Waals surface area (Å²) in [6.07, 6.45) is 2.37. The summed E-state index contributed by atoms with van der Waals surface area (Å²) in [5, 5.41) is 0.404. The SMILES string of the molecule is Cc1ccc(-c2ccc3ncc(=O)n(Cc4nc5nc(Cl)ccc5n4CCC(C)C)c3c2)cc1. The van der Waals surface area contributed by atoms with Gasteiger partial charge in [0.25, 0.3) is 5.56 Å². The van der Waals surface area contributed by atoms with Crippen molar-refractivity contribution in [3.8, 4) is 11.1 Å². The third-order valence-corrected chi connectivity index (χ3v) is 6.33. The average Bonchev–Trinajstić information content (AvgIpc) is 3.15. The zero-order valence-corrected chi connectivity index (χ0v) is 20.3. The van der Waals surface area contributed by atoms with Crippen LogP contribution in [0.15, 0.2) is 65.6 Å². The highest BCUT2D eigenvalue weighted by Gasteiger charge is 2.16. The van der Waals surface area contributed by atoms with Crippen LogP contribution in [0.25, 0.3) is 33.3 Å². The third-order valence-electron chi connectivity index (χ3n) is 6.12. The number of hydrogen-bond acceptors (Lipinski definition) is 4. The number of rotatable bonds is 6. The molecule has 3 aromatic heterocycles. The summed E-state index contributed by atoms with van der Waals surface area (Å²) in [6.45, 7) is 7.57. The minimum Gasteiger partial charge on any atom is -0.325 e. The Hall–Kier alpha value is -3.51. The lowest BCUT2D eigenvalue weighted by molar-refractivity contribution is 0.507. The van der Waals surface area contributed by atoms with Crippen LogP contribution < -0.4 is 5.56 Å². The molecule has 0 radical (unpaired) electrons. The van der Waals surface area contributed by atoms with Crippen LogP contribution in [0.4, 0.5) is 0 Å². The van der Waals surface area contributed by atoms with Gasteiger partial charge in [0.2, 0.25) is 0 Å². The molecule has 172 valence electrons. The molecule has 0 atom stereocenters. The fourth-order valence-electron chi connectivity index (χ4n) is 4.18. The van der Waals surface area contributed by atoms with Gasteiger partial charge in [-0.3, -0.25) is 9.36 Å². The van der Waals surface area contributed by atoms with Crippen molar-refractivity contribution in [1.82, 2.24) is 24.1 Å². The molecule has 7 heteroatoms. The van der Waals surface area contributed by atoms with Crippen LogP contribution in [0, 0.1) is 12.8 Å². The Morgan fingerprint density at radius 1 is 0.912 bits per heavy atom. The van der Waals surface area contributed by atoms with Crippen LogP contribution >= 0.6 is 11.6 Å². The molecule has 0 amide bonds. The van der Waals surface area contributed by atoms with Crippen molar-refractivity contribution in [3.63, 3.8) is 0 Å². The van der Waals surface area contributed by atoms with E-state index in [0.29, 0.717) is 23.3 Å². The number of aryl methyl sites for hydroxylation is 2. The molecule has 5 aromatic rings. The van der Waals surface area contributed by atoms with Crippen LogP contribution in [0.3, 0.4) is 0 Å². The second-order valence-electron chi connectivity index (χ2n) is 9.09. The van der Waals surface area contributed by atoms with Gasteiger partial charge < -0.3 is 4.57 Å². The Morgan fingerprint density at radius 2 is 1.68 bits per heavy atom. The van der Waals surface area contributed by atoms with Crippen molar-refractivity contribution < 1.29 is 0 Å². The highest BCUT2D eigenvalue weighted by atomic mass is 35.5. The lowest BCUT2D eigenvalue weighted by Gasteiger charge is -2.14. The van der Waals surface area contributed by atoms with Gasteiger partial charge in [0.15, 0.2) is 5.65 Å². The first-order valence-electron chi connectivity index (χ1n) is 11.5. The number of hydrogen-bond donors (Lipinski definition) is 0. The molecule has 2 aromatic carbocycles. The number of pyridine rings is 1. The molecule has 6 nitrogen and oxygen atoms in total. The minimum absolute atomic E-state index is 0.165. The molecule has 34 heavy (non-hydrogen) atoms. The van der Waals surface area contributed by atoms with Crippen LogP contribution in [-0.2, 0) is 13.1 Å². The van der Waals surface area contributed by atoms with Gasteiger partial charge in [-0.25, -0.2) is 15.0 Å². The van der Waals surface area contributed by atoms with E-state index in [1.54, 1.807) is 10.6 Å². The van der Waals surface area contributed by atoms with E-state index >= 15 is 0 Å². The Kier molecular flexibility index (Phi) is 5.92. The second kappa shape index (κ2) is 9.03. The Balaban J connectivity index is 1.64. The number of fused-ring (bicyclic) bond motifs is 2. The molecule has 5 rings (SSSR count). The van der Waals surface area contributed by atoms with Crippen molar-refractivity contribution in [3.05, 3.63) is 87.7 Å². The molecule has 0 aliphatic heterocycles. The summed E-state index contributed by atoms with van der Waals surface area (Å²) in [5.74, 6) is 1.31. The predicted octanol–water partition coefficient (Wildman–Crippen LogP) is 5.86. The van der Waals surface area contributed by atoms with E-state index in [1.165, 1.54) is 11.8 Å². The normalized spacial score (nSPS) is 11.7. The molecule has 0 saturated carbocycles. The van der Waals surface area contributed by atoms with Crippen molar-refractivity contribution in [2.45, 2.75) is 40.3 Å². The van der Waals surface area contributed by atoms with Gasteiger partial charge in [-0.15, -0.1) is 0 Å². The van der Waals surface area contributed by atoms with Crippen LogP contribution in [0.5, 0.6) is 0 Å².